The Labute approximate surface area is 132 Å². The first-order valence-corrected chi connectivity index (χ1v) is 7.45. The van der Waals surface area contributed by atoms with Crippen molar-refractivity contribution < 1.29 is 4.92 Å². The van der Waals surface area contributed by atoms with Crippen LogP contribution in [0.3, 0.4) is 0 Å². The standard InChI is InChI=1S/C16H13N3O2S/c17-9-13-15(10-4-3-5-11(8-10)19(20)21)12-6-1-2-7-14(12)18-16(13)22/h3-5,8H,1-2,6-7H2,(H,18,22). The molecule has 0 saturated heterocycles. The predicted molar refractivity (Wildman–Crippen MR) is 85.1 cm³/mol. The normalized spacial score (nSPS) is 13.2. The summed E-state index contributed by atoms with van der Waals surface area (Å²) < 4.78 is 0.407. The molecule has 0 aliphatic heterocycles. The zero-order chi connectivity index (χ0) is 15.7. The SMILES string of the molecule is N#Cc1c(-c2cccc([N+](=O)[O-])c2)c2c([nH]c1=S)CCCC2. The zero-order valence-electron chi connectivity index (χ0n) is 11.8. The van der Waals surface area contributed by atoms with Crippen molar-refractivity contribution >= 4 is 17.9 Å². The van der Waals surface area contributed by atoms with Crippen molar-refractivity contribution in [3.63, 3.8) is 0 Å². The summed E-state index contributed by atoms with van der Waals surface area (Å²) in [7, 11) is 0. The van der Waals surface area contributed by atoms with E-state index in [9.17, 15) is 15.4 Å². The summed E-state index contributed by atoms with van der Waals surface area (Å²) in [6.45, 7) is 0. The van der Waals surface area contributed by atoms with Crippen molar-refractivity contribution in [1.29, 1.82) is 5.26 Å². The largest absolute Gasteiger partial charge is 0.349 e. The number of nitro benzene ring substituents is 1. The average molecular weight is 311 g/mol. The average Bonchev–Trinajstić information content (AvgIpc) is 2.53. The van der Waals surface area contributed by atoms with E-state index in [0.29, 0.717) is 15.8 Å². The van der Waals surface area contributed by atoms with E-state index in [2.05, 4.69) is 11.1 Å². The number of rotatable bonds is 2. The molecule has 0 amide bonds. The van der Waals surface area contributed by atoms with Gasteiger partial charge in [-0.3, -0.25) is 10.1 Å². The van der Waals surface area contributed by atoms with Crippen LogP contribution in [-0.2, 0) is 12.8 Å². The highest BCUT2D eigenvalue weighted by Gasteiger charge is 2.21. The first-order chi connectivity index (χ1) is 10.6. The minimum atomic E-state index is -0.425. The molecule has 0 radical (unpaired) electrons. The van der Waals surface area contributed by atoms with Gasteiger partial charge in [0.1, 0.15) is 10.7 Å². The second-order valence-corrected chi connectivity index (χ2v) is 5.70. The van der Waals surface area contributed by atoms with Gasteiger partial charge in [0.15, 0.2) is 0 Å². The minimum Gasteiger partial charge on any atom is -0.349 e. The van der Waals surface area contributed by atoms with Gasteiger partial charge in [0.25, 0.3) is 5.69 Å². The molecule has 1 N–H and O–H groups in total. The lowest BCUT2D eigenvalue weighted by molar-refractivity contribution is -0.384. The van der Waals surface area contributed by atoms with Crippen LogP contribution in [0, 0.1) is 26.1 Å². The van der Waals surface area contributed by atoms with Gasteiger partial charge < -0.3 is 4.98 Å². The van der Waals surface area contributed by atoms with Crippen LogP contribution in [-0.4, -0.2) is 9.91 Å². The summed E-state index contributed by atoms with van der Waals surface area (Å²) in [5.74, 6) is 0. The Kier molecular flexibility index (Phi) is 3.73. The molecule has 0 spiro atoms. The summed E-state index contributed by atoms with van der Waals surface area (Å²) in [5, 5.41) is 20.5. The number of aromatic nitrogens is 1. The Bertz CT molecular complexity index is 865. The lowest BCUT2D eigenvalue weighted by Crippen LogP contribution is -2.09. The number of nitrogens with zero attached hydrogens (tertiary/aromatic N) is 2. The molecule has 0 fully saturated rings. The Morgan fingerprint density at radius 1 is 1.32 bits per heavy atom. The van der Waals surface area contributed by atoms with Crippen LogP contribution in [0.4, 0.5) is 5.69 Å². The molecule has 0 saturated carbocycles. The third-order valence-electron chi connectivity index (χ3n) is 3.97. The molecule has 22 heavy (non-hydrogen) atoms. The van der Waals surface area contributed by atoms with E-state index in [4.69, 9.17) is 12.2 Å². The maximum absolute atomic E-state index is 11.0. The molecule has 6 heteroatoms. The topological polar surface area (TPSA) is 82.7 Å². The van der Waals surface area contributed by atoms with E-state index in [0.717, 1.165) is 42.5 Å². The fourth-order valence-corrected chi connectivity index (χ4v) is 3.25. The first kappa shape index (κ1) is 14.4. The molecule has 1 aromatic carbocycles. The highest BCUT2D eigenvalue weighted by Crippen LogP contribution is 2.35. The number of non-ortho nitro benzene ring substituents is 1. The van der Waals surface area contributed by atoms with Gasteiger partial charge in [-0.1, -0.05) is 24.4 Å². The molecule has 1 aliphatic carbocycles. The van der Waals surface area contributed by atoms with Gasteiger partial charge in [0.05, 0.1) is 10.5 Å². The van der Waals surface area contributed by atoms with E-state index in [1.165, 1.54) is 12.1 Å². The summed E-state index contributed by atoms with van der Waals surface area (Å²) in [6.07, 6.45) is 3.88. The zero-order valence-corrected chi connectivity index (χ0v) is 12.6. The molecular formula is C16H13N3O2S. The van der Waals surface area contributed by atoms with Crippen molar-refractivity contribution in [3.05, 3.63) is 55.8 Å². The number of hydrogen-bond donors (Lipinski definition) is 1. The summed E-state index contributed by atoms with van der Waals surface area (Å²) in [4.78, 5) is 13.7. The van der Waals surface area contributed by atoms with E-state index in [1.807, 2.05) is 0 Å². The maximum Gasteiger partial charge on any atom is 0.270 e. The number of H-pyrrole nitrogens is 1. The van der Waals surface area contributed by atoms with Crippen LogP contribution in [0.25, 0.3) is 11.1 Å². The van der Waals surface area contributed by atoms with Crippen LogP contribution in [0.1, 0.15) is 29.7 Å². The minimum absolute atomic E-state index is 0.0182. The fraction of sp³-hybridized carbons (Fsp3) is 0.250. The highest BCUT2D eigenvalue weighted by atomic mass is 32.1. The van der Waals surface area contributed by atoms with Crippen molar-refractivity contribution in [2.24, 2.45) is 0 Å². The van der Waals surface area contributed by atoms with Crippen LogP contribution in [0.15, 0.2) is 24.3 Å². The molecule has 110 valence electrons. The molecule has 0 unspecified atom stereocenters. The maximum atomic E-state index is 11.0. The third-order valence-corrected chi connectivity index (χ3v) is 4.27. The van der Waals surface area contributed by atoms with Gasteiger partial charge in [0, 0.05) is 23.4 Å². The molecule has 1 aromatic heterocycles. The van der Waals surface area contributed by atoms with Gasteiger partial charge in [0.2, 0.25) is 0 Å². The molecular weight excluding hydrogens is 298 g/mol. The summed E-state index contributed by atoms with van der Waals surface area (Å²) in [5.41, 5.74) is 3.98. The fourth-order valence-electron chi connectivity index (χ4n) is 2.98. The Morgan fingerprint density at radius 2 is 2.09 bits per heavy atom. The second-order valence-electron chi connectivity index (χ2n) is 5.29. The van der Waals surface area contributed by atoms with E-state index in [1.54, 1.807) is 12.1 Å². The number of nitro groups is 1. The number of pyridine rings is 1. The van der Waals surface area contributed by atoms with Gasteiger partial charge in [-0.05, 0) is 36.8 Å². The van der Waals surface area contributed by atoms with E-state index >= 15 is 0 Å². The lowest BCUT2D eigenvalue weighted by Gasteiger charge is -2.20. The number of aromatic amines is 1. The lowest BCUT2D eigenvalue weighted by atomic mass is 9.87. The van der Waals surface area contributed by atoms with Crippen LogP contribution >= 0.6 is 12.2 Å². The Morgan fingerprint density at radius 3 is 2.82 bits per heavy atom. The molecule has 0 bridgehead atoms. The van der Waals surface area contributed by atoms with E-state index in [-0.39, 0.29) is 5.69 Å². The summed E-state index contributed by atoms with van der Waals surface area (Å²) in [6, 6.07) is 8.56. The summed E-state index contributed by atoms with van der Waals surface area (Å²) >= 11 is 5.30. The molecule has 0 atom stereocenters. The number of nitrogens with one attached hydrogen (secondary N) is 1. The van der Waals surface area contributed by atoms with Crippen LogP contribution < -0.4 is 0 Å². The van der Waals surface area contributed by atoms with Crippen molar-refractivity contribution in [2.75, 3.05) is 0 Å². The number of nitriles is 1. The number of hydrogen-bond acceptors (Lipinski definition) is 4. The number of benzene rings is 1. The van der Waals surface area contributed by atoms with Gasteiger partial charge in [-0.2, -0.15) is 5.26 Å². The second kappa shape index (κ2) is 5.70. The molecule has 5 nitrogen and oxygen atoms in total. The van der Waals surface area contributed by atoms with Crippen LogP contribution in [0.2, 0.25) is 0 Å². The van der Waals surface area contributed by atoms with E-state index < -0.39 is 4.92 Å². The molecule has 1 heterocycles. The molecule has 2 aromatic rings. The highest BCUT2D eigenvalue weighted by molar-refractivity contribution is 7.71. The molecule has 3 rings (SSSR count). The number of fused-ring (bicyclic) bond motifs is 1. The molecule has 1 aliphatic rings. The third kappa shape index (κ3) is 2.40. The number of aryl methyl sites for hydroxylation is 1. The predicted octanol–water partition coefficient (Wildman–Crippen LogP) is 4.07. The Hall–Kier alpha value is -2.52. The monoisotopic (exact) mass is 311 g/mol. The smallest absolute Gasteiger partial charge is 0.270 e. The van der Waals surface area contributed by atoms with Crippen molar-refractivity contribution in [2.45, 2.75) is 25.7 Å². The first-order valence-electron chi connectivity index (χ1n) is 7.04. The quantitative estimate of drug-likeness (QED) is 0.515. The van der Waals surface area contributed by atoms with Gasteiger partial charge >= 0.3 is 0 Å². The van der Waals surface area contributed by atoms with Crippen molar-refractivity contribution in [3.8, 4) is 17.2 Å². The van der Waals surface area contributed by atoms with Crippen molar-refractivity contribution in [1.82, 2.24) is 4.98 Å². The van der Waals surface area contributed by atoms with Gasteiger partial charge in [-0.15, -0.1) is 0 Å². The van der Waals surface area contributed by atoms with Crippen LogP contribution in [0.5, 0.6) is 0 Å². The Balaban J connectivity index is 2.32. The van der Waals surface area contributed by atoms with Gasteiger partial charge in [-0.25, -0.2) is 0 Å².